The Labute approximate surface area is 191 Å². The summed E-state index contributed by atoms with van der Waals surface area (Å²) < 4.78 is 5.29. The van der Waals surface area contributed by atoms with Crippen molar-refractivity contribution >= 4 is 17.7 Å². The first kappa shape index (κ1) is 22.8. The lowest BCUT2D eigenvalue weighted by atomic mass is 9.54. The van der Waals surface area contributed by atoms with E-state index in [4.69, 9.17) is 4.74 Å². The molecule has 1 heterocycles. The molecule has 4 rings (SSSR count). The van der Waals surface area contributed by atoms with Crippen LogP contribution in [0.4, 0.5) is 4.79 Å². The fourth-order valence-corrected chi connectivity index (χ4v) is 6.27. The monoisotopic (exact) mass is 437 g/mol. The van der Waals surface area contributed by atoms with Crippen LogP contribution in [0.2, 0.25) is 0 Å². The molecule has 1 fully saturated rings. The third-order valence-corrected chi connectivity index (χ3v) is 7.62. The molecule has 0 spiro atoms. The molecular formula is C27H35NO4. The predicted molar refractivity (Wildman–Crippen MR) is 124 cm³/mol. The zero-order valence-electron chi connectivity index (χ0n) is 19.6. The van der Waals surface area contributed by atoms with Crippen molar-refractivity contribution < 1.29 is 19.1 Å². The summed E-state index contributed by atoms with van der Waals surface area (Å²) >= 11 is 0. The van der Waals surface area contributed by atoms with E-state index < -0.39 is 0 Å². The second kappa shape index (κ2) is 9.60. The Morgan fingerprint density at radius 1 is 1.03 bits per heavy atom. The highest BCUT2D eigenvalue weighted by atomic mass is 16.6. The van der Waals surface area contributed by atoms with E-state index in [1.54, 1.807) is 4.90 Å². The lowest BCUT2D eigenvalue weighted by molar-refractivity contribution is 0.0503. The second-order valence-electron chi connectivity index (χ2n) is 9.39. The molecule has 5 nitrogen and oxygen atoms in total. The number of hydrogen-bond acceptors (Lipinski definition) is 4. The van der Waals surface area contributed by atoms with Gasteiger partial charge in [-0.1, -0.05) is 56.5 Å². The third-order valence-electron chi connectivity index (χ3n) is 7.62. The zero-order chi connectivity index (χ0) is 22.8. The Morgan fingerprint density at radius 3 is 2.34 bits per heavy atom. The zero-order valence-corrected chi connectivity index (χ0v) is 19.6. The van der Waals surface area contributed by atoms with Gasteiger partial charge in [-0.2, -0.15) is 0 Å². The van der Waals surface area contributed by atoms with Gasteiger partial charge in [0.2, 0.25) is 0 Å². The SMILES string of the molecule is CCCCC1=C2CN(C(=O)OCC)CCC2C2C(=O)c3ccccc3C(=O)C2C1CCC. The van der Waals surface area contributed by atoms with E-state index >= 15 is 0 Å². The Kier molecular flexibility index (Phi) is 6.82. The van der Waals surface area contributed by atoms with Gasteiger partial charge in [-0.15, -0.1) is 0 Å². The van der Waals surface area contributed by atoms with E-state index in [-0.39, 0.29) is 41.3 Å². The number of fused-ring (bicyclic) bond motifs is 4. The minimum atomic E-state index is -0.307. The van der Waals surface area contributed by atoms with Crippen molar-refractivity contribution in [2.45, 2.75) is 59.3 Å². The molecule has 1 aliphatic heterocycles. The van der Waals surface area contributed by atoms with Crippen molar-refractivity contribution in [3.05, 3.63) is 46.5 Å². The van der Waals surface area contributed by atoms with Crippen LogP contribution in [0.1, 0.15) is 80.0 Å². The summed E-state index contributed by atoms with van der Waals surface area (Å²) in [5, 5.41) is 0. The number of rotatable bonds is 6. The number of unbranched alkanes of at least 4 members (excludes halogenated alkanes) is 1. The van der Waals surface area contributed by atoms with Gasteiger partial charge in [-0.05, 0) is 50.0 Å². The van der Waals surface area contributed by atoms with Crippen LogP contribution in [-0.2, 0) is 4.74 Å². The summed E-state index contributed by atoms with van der Waals surface area (Å²) in [5.74, 6) is -0.201. The largest absolute Gasteiger partial charge is 0.450 e. The second-order valence-corrected chi connectivity index (χ2v) is 9.39. The van der Waals surface area contributed by atoms with Crippen LogP contribution >= 0.6 is 0 Å². The molecule has 0 aromatic heterocycles. The number of carbonyl (C=O) groups excluding carboxylic acids is 3. The maximum Gasteiger partial charge on any atom is 0.410 e. The van der Waals surface area contributed by atoms with E-state index in [0.29, 0.717) is 37.2 Å². The molecule has 1 amide bonds. The smallest absolute Gasteiger partial charge is 0.410 e. The van der Waals surface area contributed by atoms with E-state index in [1.165, 1.54) is 11.1 Å². The number of Topliss-reactive ketones (excluding diaryl/α,β-unsaturated/α-hetero) is 2. The summed E-state index contributed by atoms with van der Waals surface area (Å²) in [5.41, 5.74) is 3.76. The fraction of sp³-hybridized carbons (Fsp3) is 0.593. The van der Waals surface area contributed by atoms with Crippen molar-refractivity contribution in [1.29, 1.82) is 0 Å². The molecule has 0 N–H and O–H groups in total. The van der Waals surface area contributed by atoms with Crippen molar-refractivity contribution in [2.24, 2.45) is 23.7 Å². The van der Waals surface area contributed by atoms with E-state index in [9.17, 15) is 14.4 Å². The molecule has 4 unspecified atom stereocenters. The van der Waals surface area contributed by atoms with E-state index in [0.717, 1.165) is 32.1 Å². The number of likely N-dealkylation sites (tertiary alicyclic amines) is 1. The van der Waals surface area contributed by atoms with Crippen molar-refractivity contribution in [2.75, 3.05) is 19.7 Å². The average molecular weight is 438 g/mol. The highest BCUT2D eigenvalue weighted by Crippen LogP contribution is 2.53. The number of benzene rings is 1. The molecule has 1 aromatic rings. The standard InChI is InChI=1S/C27H35NO4/c1-4-7-11-17-18(10-5-2)23-24(26(30)21-13-9-8-12-20(21)25(23)29)19-14-15-28(16-22(17)19)27(31)32-6-3/h8-9,12-13,18-19,23-24H,4-7,10-11,14-16H2,1-3H3. The first-order valence-corrected chi connectivity index (χ1v) is 12.3. The highest BCUT2D eigenvalue weighted by Gasteiger charge is 2.54. The van der Waals surface area contributed by atoms with Crippen molar-refractivity contribution in [3.8, 4) is 0 Å². The Hall–Kier alpha value is -2.43. The van der Waals surface area contributed by atoms with Crippen LogP contribution in [0.5, 0.6) is 0 Å². The minimum absolute atomic E-state index is 0.0374. The van der Waals surface area contributed by atoms with Gasteiger partial charge in [0.15, 0.2) is 11.6 Å². The quantitative estimate of drug-likeness (QED) is 0.536. The van der Waals surface area contributed by atoms with Crippen LogP contribution in [0.25, 0.3) is 0 Å². The van der Waals surface area contributed by atoms with Crippen molar-refractivity contribution in [3.63, 3.8) is 0 Å². The summed E-state index contributed by atoms with van der Waals surface area (Å²) in [6.07, 6.45) is 5.37. The number of nitrogens with zero attached hydrogens (tertiary/aromatic N) is 1. The normalized spacial score (nSPS) is 27.0. The van der Waals surface area contributed by atoms with Crippen LogP contribution < -0.4 is 0 Å². The molecule has 4 atom stereocenters. The molecule has 2 aliphatic carbocycles. The van der Waals surface area contributed by atoms with Gasteiger partial charge in [-0.25, -0.2) is 4.79 Å². The molecule has 1 aromatic carbocycles. The van der Waals surface area contributed by atoms with Crippen LogP contribution in [0.15, 0.2) is 35.4 Å². The molecule has 32 heavy (non-hydrogen) atoms. The lowest BCUT2D eigenvalue weighted by Crippen LogP contribution is -2.53. The van der Waals surface area contributed by atoms with Gasteiger partial charge < -0.3 is 9.64 Å². The third kappa shape index (κ3) is 3.80. The number of allylic oxidation sites excluding steroid dienone is 1. The fourth-order valence-electron chi connectivity index (χ4n) is 6.27. The molecule has 3 aliphatic rings. The maximum absolute atomic E-state index is 13.8. The number of amides is 1. The number of carbonyl (C=O) groups is 3. The Balaban J connectivity index is 1.82. The summed E-state index contributed by atoms with van der Waals surface area (Å²) in [7, 11) is 0. The van der Waals surface area contributed by atoms with Gasteiger partial charge in [0.25, 0.3) is 0 Å². The molecule has 0 radical (unpaired) electrons. The molecular weight excluding hydrogens is 402 g/mol. The number of ether oxygens (including phenoxy) is 1. The van der Waals surface area contributed by atoms with E-state index in [2.05, 4.69) is 13.8 Å². The molecule has 5 heteroatoms. The summed E-state index contributed by atoms with van der Waals surface area (Å²) in [6.45, 7) is 7.60. The molecule has 0 bridgehead atoms. The van der Waals surface area contributed by atoms with Gasteiger partial charge in [-0.3, -0.25) is 9.59 Å². The topological polar surface area (TPSA) is 63.7 Å². The summed E-state index contributed by atoms with van der Waals surface area (Å²) in [6, 6.07) is 7.34. The maximum atomic E-state index is 13.8. The first-order chi connectivity index (χ1) is 15.5. The predicted octanol–water partition coefficient (Wildman–Crippen LogP) is 5.69. The lowest BCUT2D eigenvalue weighted by Gasteiger charge is -2.50. The Morgan fingerprint density at radius 2 is 1.72 bits per heavy atom. The summed E-state index contributed by atoms with van der Waals surface area (Å²) in [4.78, 5) is 41.8. The van der Waals surface area contributed by atoms with Crippen LogP contribution in [0, 0.1) is 23.7 Å². The molecule has 172 valence electrons. The van der Waals surface area contributed by atoms with Gasteiger partial charge >= 0.3 is 6.09 Å². The van der Waals surface area contributed by atoms with Crippen LogP contribution in [0.3, 0.4) is 0 Å². The van der Waals surface area contributed by atoms with Crippen molar-refractivity contribution in [1.82, 2.24) is 4.90 Å². The van der Waals surface area contributed by atoms with Gasteiger partial charge in [0.1, 0.15) is 0 Å². The van der Waals surface area contributed by atoms with Gasteiger partial charge in [0, 0.05) is 36.1 Å². The number of hydrogen-bond donors (Lipinski definition) is 0. The molecule has 1 saturated heterocycles. The highest BCUT2D eigenvalue weighted by molar-refractivity contribution is 6.16. The number of ketones is 2. The van der Waals surface area contributed by atoms with E-state index in [1.807, 2.05) is 31.2 Å². The Bertz CT molecular complexity index is 933. The van der Waals surface area contributed by atoms with Crippen LogP contribution in [-0.4, -0.2) is 42.3 Å². The minimum Gasteiger partial charge on any atom is -0.450 e. The number of piperidine rings is 1. The van der Waals surface area contributed by atoms with Gasteiger partial charge in [0.05, 0.1) is 6.61 Å². The average Bonchev–Trinajstić information content (AvgIpc) is 2.81. The molecule has 0 saturated carbocycles. The first-order valence-electron chi connectivity index (χ1n) is 12.3.